The van der Waals surface area contributed by atoms with Crippen molar-refractivity contribution in [2.45, 2.75) is 39.7 Å². The van der Waals surface area contributed by atoms with Crippen LogP contribution < -0.4 is 14.8 Å². The van der Waals surface area contributed by atoms with Gasteiger partial charge >= 0.3 is 0 Å². The average molecular weight is 392 g/mol. The Bertz CT molecular complexity index is 869. The molecule has 0 aliphatic rings. The Morgan fingerprint density at radius 3 is 2.45 bits per heavy atom. The van der Waals surface area contributed by atoms with Crippen LogP contribution in [-0.4, -0.2) is 19.1 Å². The van der Waals surface area contributed by atoms with Crippen molar-refractivity contribution in [1.82, 2.24) is 5.32 Å². The van der Waals surface area contributed by atoms with E-state index in [0.29, 0.717) is 30.3 Å². The Hall–Kier alpha value is -3.26. The Morgan fingerprint density at radius 2 is 1.79 bits per heavy atom. The number of hydrogen-bond acceptors (Lipinski definition) is 4. The molecule has 2 aromatic carbocycles. The van der Waals surface area contributed by atoms with Crippen LogP contribution >= 0.6 is 0 Å². The van der Waals surface area contributed by atoms with Crippen molar-refractivity contribution in [2.75, 3.05) is 13.2 Å². The third kappa shape index (κ3) is 6.69. The fourth-order valence-corrected chi connectivity index (χ4v) is 2.68. The average Bonchev–Trinajstić information content (AvgIpc) is 2.75. The molecule has 0 aliphatic heterocycles. The summed E-state index contributed by atoms with van der Waals surface area (Å²) in [5, 5.41) is 12.4. The van der Waals surface area contributed by atoms with Crippen LogP contribution in [0.5, 0.6) is 11.5 Å². The highest BCUT2D eigenvalue weighted by atomic mass is 16.5. The van der Waals surface area contributed by atoms with Crippen LogP contribution in [0.3, 0.4) is 0 Å². The van der Waals surface area contributed by atoms with Gasteiger partial charge in [-0.15, -0.1) is 0 Å². The summed E-state index contributed by atoms with van der Waals surface area (Å²) in [6.45, 7) is 7.10. The highest BCUT2D eigenvalue weighted by Crippen LogP contribution is 2.27. The lowest BCUT2D eigenvalue weighted by Crippen LogP contribution is -2.27. The van der Waals surface area contributed by atoms with Crippen molar-refractivity contribution < 1.29 is 14.3 Å². The Morgan fingerprint density at radius 1 is 1.10 bits per heavy atom. The molecule has 2 rings (SSSR count). The zero-order valence-electron chi connectivity index (χ0n) is 17.3. The minimum absolute atomic E-state index is 0.0244. The van der Waals surface area contributed by atoms with Gasteiger partial charge in [0.05, 0.1) is 19.3 Å². The molecule has 29 heavy (non-hydrogen) atoms. The molecule has 0 saturated heterocycles. The molecule has 5 heteroatoms. The number of nitrogens with one attached hydrogen (secondary N) is 1. The van der Waals surface area contributed by atoms with Gasteiger partial charge in [0.15, 0.2) is 0 Å². The zero-order chi connectivity index (χ0) is 21.1. The minimum atomic E-state index is -0.420. The van der Waals surface area contributed by atoms with E-state index < -0.39 is 5.91 Å². The number of carbonyl (C=O) groups excluding carboxylic acids is 1. The molecule has 0 bridgehead atoms. The fraction of sp³-hybridized carbons (Fsp3) is 0.333. The standard InChI is InChI=1S/C24H28N2O3/c1-4-13-28-22-12-11-20(23(16-22)29-14-5-2)15-21(17-25)24(27)26-18(3)19-9-7-6-8-10-19/h6-12,15-16,18H,4-5,13-14H2,1-3H3,(H,26,27)/b21-15+/t18-/m1/s1. The second-order valence-electron chi connectivity index (χ2n) is 6.67. The van der Waals surface area contributed by atoms with Gasteiger partial charge in [-0.25, -0.2) is 0 Å². The predicted octanol–water partition coefficient (Wildman–Crippen LogP) is 5.05. The number of carbonyl (C=O) groups is 1. The highest BCUT2D eigenvalue weighted by Gasteiger charge is 2.15. The monoisotopic (exact) mass is 392 g/mol. The third-order valence-electron chi connectivity index (χ3n) is 4.23. The molecule has 5 nitrogen and oxygen atoms in total. The lowest BCUT2D eigenvalue weighted by molar-refractivity contribution is -0.117. The van der Waals surface area contributed by atoms with E-state index in [0.717, 1.165) is 18.4 Å². The van der Waals surface area contributed by atoms with Crippen LogP contribution in [-0.2, 0) is 4.79 Å². The van der Waals surface area contributed by atoms with Crippen LogP contribution in [0.15, 0.2) is 54.1 Å². The Balaban J connectivity index is 2.23. The SMILES string of the molecule is CCCOc1ccc(/C=C(\C#N)C(=O)N[C@H](C)c2ccccc2)c(OCCC)c1. The molecule has 0 radical (unpaired) electrons. The van der Waals surface area contributed by atoms with Gasteiger partial charge in [0.2, 0.25) is 0 Å². The zero-order valence-corrected chi connectivity index (χ0v) is 17.3. The first-order chi connectivity index (χ1) is 14.1. The van der Waals surface area contributed by atoms with E-state index in [1.165, 1.54) is 0 Å². The largest absolute Gasteiger partial charge is 0.493 e. The maximum absolute atomic E-state index is 12.6. The second-order valence-corrected chi connectivity index (χ2v) is 6.67. The maximum Gasteiger partial charge on any atom is 0.262 e. The lowest BCUT2D eigenvalue weighted by atomic mass is 10.1. The molecule has 0 heterocycles. The van der Waals surface area contributed by atoms with Gasteiger partial charge in [0.25, 0.3) is 5.91 Å². The summed E-state index contributed by atoms with van der Waals surface area (Å²) < 4.78 is 11.5. The first-order valence-corrected chi connectivity index (χ1v) is 9.96. The van der Waals surface area contributed by atoms with E-state index >= 15 is 0 Å². The number of amides is 1. The van der Waals surface area contributed by atoms with E-state index in [9.17, 15) is 10.1 Å². The van der Waals surface area contributed by atoms with Gasteiger partial charge in [-0.1, -0.05) is 44.2 Å². The summed E-state index contributed by atoms with van der Waals surface area (Å²) in [6, 6.07) is 16.8. The lowest BCUT2D eigenvalue weighted by Gasteiger charge is -2.14. The molecule has 0 saturated carbocycles. The molecule has 0 spiro atoms. The molecule has 1 amide bonds. The van der Waals surface area contributed by atoms with Crippen LogP contribution in [0.2, 0.25) is 0 Å². The van der Waals surface area contributed by atoms with E-state index in [4.69, 9.17) is 9.47 Å². The maximum atomic E-state index is 12.6. The number of rotatable bonds is 10. The van der Waals surface area contributed by atoms with Crippen LogP contribution in [0, 0.1) is 11.3 Å². The Kier molecular flexibility index (Phi) is 8.78. The van der Waals surface area contributed by atoms with E-state index in [2.05, 4.69) is 5.32 Å². The van der Waals surface area contributed by atoms with Gasteiger partial charge in [-0.05, 0) is 43.5 Å². The smallest absolute Gasteiger partial charge is 0.262 e. The van der Waals surface area contributed by atoms with Gasteiger partial charge in [-0.2, -0.15) is 5.26 Å². The molecule has 1 N–H and O–H groups in total. The second kappa shape index (κ2) is 11.6. The number of nitrogens with zero attached hydrogens (tertiary/aromatic N) is 1. The van der Waals surface area contributed by atoms with Crippen LogP contribution in [0.25, 0.3) is 6.08 Å². The van der Waals surface area contributed by atoms with Gasteiger partial charge in [0.1, 0.15) is 23.1 Å². The van der Waals surface area contributed by atoms with Crippen molar-refractivity contribution in [3.05, 3.63) is 65.2 Å². The summed E-state index contributed by atoms with van der Waals surface area (Å²) >= 11 is 0. The molecule has 152 valence electrons. The summed E-state index contributed by atoms with van der Waals surface area (Å²) in [5.74, 6) is 0.879. The van der Waals surface area contributed by atoms with Gasteiger partial charge in [-0.3, -0.25) is 4.79 Å². The number of benzene rings is 2. The highest BCUT2D eigenvalue weighted by molar-refractivity contribution is 6.02. The molecule has 0 fully saturated rings. The Labute approximate surface area is 173 Å². The molecular formula is C24H28N2O3. The molecular weight excluding hydrogens is 364 g/mol. The molecule has 0 unspecified atom stereocenters. The van der Waals surface area contributed by atoms with Gasteiger partial charge < -0.3 is 14.8 Å². The van der Waals surface area contributed by atoms with Crippen molar-refractivity contribution in [1.29, 1.82) is 5.26 Å². The molecule has 1 atom stereocenters. The summed E-state index contributed by atoms with van der Waals surface area (Å²) in [4.78, 5) is 12.6. The number of ether oxygens (including phenoxy) is 2. The predicted molar refractivity (Wildman–Crippen MR) is 115 cm³/mol. The van der Waals surface area contributed by atoms with E-state index in [1.807, 2.05) is 63.2 Å². The van der Waals surface area contributed by atoms with Crippen molar-refractivity contribution in [3.8, 4) is 17.6 Å². The molecule has 0 aliphatic carbocycles. The topological polar surface area (TPSA) is 71.3 Å². The summed E-state index contributed by atoms with van der Waals surface area (Å²) in [6.07, 6.45) is 3.32. The normalized spacial score (nSPS) is 12.0. The summed E-state index contributed by atoms with van der Waals surface area (Å²) in [7, 11) is 0. The van der Waals surface area contributed by atoms with Crippen LogP contribution in [0.1, 0.15) is 50.8 Å². The fourth-order valence-electron chi connectivity index (χ4n) is 2.68. The molecule has 2 aromatic rings. The quantitative estimate of drug-likeness (QED) is 0.454. The van der Waals surface area contributed by atoms with Crippen LogP contribution in [0.4, 0.5) is 0 Å². The number of nitriles is 1. The summed E-state index contributed by atoms with van der Waals surface area (Å²) in [5.41, 5.74) is 1.67. The van der Waals surface area contributed by atoms with Crippen molar-refractivity contribution >= 4 is 12.0 Å². The van der Waals surface area contributed by atoms with E-state index in [1.54, 1.807) is 18.2 Å². The van der Waals surface area contributed by atoms with Gasteiger partial charge in [0, 0.05) is 11.6 Å². The molecule has 0 aromatic heterocycles. The van der Waals surface area contributed by atoms with Crippen molar-refractivity contribution in [2.24, 2.45) is 0 Å². The van der Waals surface area contributed by atoms with Crippen molar-refractivity contribution in [3.63, 3.8) is 0 Å². The third-order valence-corrected chi connectivity index (χ3v) is 4.23. The minimum Gasteiger partial charge on any atom is -0.493 e. The first-order valence-electron chi connectivity index (χ1n) is 9.96. The number of hydrogen-bond donors (Lipinski definition) is 1. The van der Waals surface area contributed by atoms with E-state index in [-0.39, 0.29) is 11.6 Å². The first kappa shape index (κ1) is 22.0.